The van der Waals surface area contributed by atoms with E-state index in [2.05, 4.69) is 5.32 Å². The van der Waals surface area contributed by atoms with Crippen molar-refractivity contribution in [1.29, 1.82) is 0 Å². The average molecular weight is 611 g/mol. The predicted molar refractivity (Wildman–Crippen MR) is 157 cm³/mol. The molecule has 0 spiro atoms. The van der Waals surface area contributed by atoms with Gasteiger partial charge in [0.1, 0.15) is 12.6 Å². The first-order chi connectivity index (χ1) is 18.4. The van der Waals surface area contributed by atoms with Crippen molar-refractivity contribution in [2.24, 2.45) is 5.92 Å². The third kappa shape index (κ3) is 8.11. The zero-order valence-electron chi connectivity index (χ0n) is 21.8. The highest BCUT2D eigenvalue weighted by Crippen LogP contribution is 2.30. The van der Waals surface area contributed by atoms with Crippen LogP contribution in [0.2, 0.25) is 15.1 Å². The second-order valence-corrected chi connectivity index (χ2v) is 12.5. The predicted octanol–water partition coefficient (Wildman–Crippen LogP) is 6.03. The van der Waals surface area contributed by atoms with Crippen LogP contribution in [0.5, 0.6) is 0 Å². The smallest absolute Gasteiger partial charge is 0.264 e. The molecule has 7 nitrogen and oxygen atoms in total. The molecule has 39 heavy (non-hydrogen) atoms. The number of benzene rings is 3. The summed E-state index contributed by atoms with van der Waals surface area (Å²) < 4.78 is 28.5. The maximum atomic E-state index is 13.9. The van der Waals surface area contributed by atoms with Crippen molar-refractivity contribution in [3.63, 3.8) is 0 Å². The van der Waals surface area contributed by atoms with E-state index in [0.29, 0.717) is 17.1 Å². The number of anilines is 1. The number of halogens is 3. The van der Waals surface area contributed by atoms with Crippen LogP contribution < -0.4 is 9.62 Å². The van der Waals surface area contributed by atoms with Gasteiger partial charge in [0, 0.05) is 28.2 Å². The first kappa shape index (κ1) is 30.8. The van der Waals surface area contributed by atoms with Gasteiger partial charge in [-0.05, 0) is 54.8 Å². The summed E-state index contributed by atoms with van der Waals surface area (Å²) in [6, 6.07) is 18.1. The number of nitrogens with zero attached hydrogens (tertiary/aromatic N) is 2. The molecule has 0 aromatic heterocycles. The summed E-state index contributed by atoms with van der Waals surface area (Å²) in [5, 5.41) is 3.66. The molecule has 208 valence electrons. The molecule has 0 aliphatic carbocycles. The highest BCUT2D eigenvalue weighted by Gasteiger charge is 2.33. The first-order valence-corrected chi connectivity index (χ1v) is 14.8. The Hall–Kier alpha value is -2.78. The molecule has 3 rings (SSSR count). The molecular formula is C28H30Cl3N3O4S. The Bertz CT molecular complexity index is 1400. The van der Waals surface area contributed by atoms with E-state index in [9.17, 15) is 18.0 Å². The van der Waals surface area contributed by atoms with Crippen molar-refractivity contribution in [2.75, 3.05) is 17.4 Å². The van der Waals surface area contributed by atoms with Gasteiger partial charge < -0.3 is 10.2 Å². The molecule has 1 unspecified atom stereocenters. The molecule has 3 aromatic carbocycles. The number of hydrogen-bond acceptors (Lipinski definition) is 4. The second kappa shape index (κ2) is 13.5. The number of carbonyl (C=O) groups is 2. The van der Waals surface area contributed by atoms with Crippen molar-refractivity contribution in [3.8, 4) is 0 Å². The van der Waals surface area contributed by atoms with E-state index in [4.69, 9.17) is 34.8 Å². The molecule has 3 aromatic rings. The number of rotatable bonds is 11. The van der Waals surface area contributed by atoms with Gasteiger partial charge in [0.15, 0.2) is 0 Å². The standard InChI is InChI=1S/C28H30Cl3N3O4S/c1-19(2)16-32-28(36)20(3)33(17-21-9-7-8-12-26(21)31)27(35)18-34(24-14-22(29)13-23(30)15-24)39(37,38)25-10-5-4-6-11-25/h4-15,19-20H,16-18H2,1-3H3,(H,32,36). The van der Waals surface area contributed by atoms with E-state index >= 15 is 0 Å². The van der Waals surface area contributed by atoms with Crippen LogP contribution in [-0.4, -0.2) is 44.3 Å². The molecule has 0 heterocycles. The Balaban J connectivity index is 2.04. The Morgan fingerprint density at radius 3 is 2.05 bits per heavy atom. The van der Waals surface area contributed by atoms with Crippen LogP contribution in [0.25, 0.3) is 0 Å². The number of amides is 2. The van der Waals surface area contributed by atoms with Gasteiger partial charge >= 0.3 is 0 Å². The number of hydrogen-bond donors (Lipinski definition) is 1. The normalized spacial score (nSPS) is 12.2. The lowest BCUT2D eigenvalue weighted by atomic mass is 10.1. The van der Waals surface area contributed by atoms with Gasteiger partial charge in [0.05, 0.1) is 10.6 Å². The molecule has 0 saturated carbocycles. The summed E-state index contributed by atoms with van der Waals surface area (Å²) in [5.74, 6) is -0.780. The largest absolute Gasteiger partial charge is 0.354 e. The third-order valence-electron chi connectivity index (χ3n) is 5.90. The van der Waals surface area contributed by atoms with E-state index in [1.807, 2.05) is 13.8 Å². The van der Waals surface area contributed by atoms with Crippen LogP contribution >= 0.6 is 34.8 Å². The Morgan fingerprint density at radius 1 is 0.872 bits per heavy atom. The molecule has 0 fully saturated rings. The van der Waals surface area contributed by atoms with Gasteiger partial charge in [0.25, 0.3) is 10.0 Å². The van der Waals surface area contributed by atoms with Crippen LogP contribution in [0.1, 0.15) is 26.3 Å². The van der Waals surface area contributed by atoms with Gasteiger partial charge in [-0.25, -0.2) is 8.42 Å². The first-order valence-electron chi connectivity index (χ1n) is 12.2. The zero-order valence-corrected chi connectivity index (χ0v) is 24.9. The van der Waals surface area contributed by atoms with Gasteiger partial charge in [-0.3, -0.25) is 13.9 Å². The average Bonchev–Trinajstić information content (AvgIpc) is 2.89. The fourth-order valence-corrected chi connectivity index (χ4v) is 5.91. The van der Waals surface area contributed by atoms with E-state index in [-0.39, 0.29) is 39.0 Å². The summed E-state index contributed by atoms with van der Waals surface area (Å²) >= 11 is 18.8. The van der Waals surface area contributed by atoms with Crippen molar-refractivity contribution < 1.29 is 18.0 Å². The maximum absolute atomic E-state index is 13.9. The van der Waals surface area contributed by atoms with E-state index in [1.165, 1.54) is 35.2 Å². The lowest BCUT2D eigenvalue weighted by Gasteiger charge is -2.32. The summed E-state index contributed by atoms with van der Waals surface area (Å²) in [4.78, 5) is 28.2. The highest BCUT2D eigenvalue weighted by molar-refractivity contribution is 7.92. The fraction of sp³-hybridized carbons (Fsp3) is 0.286. The quantitative estimate of drug-likeness (QED) is 0.287. The maximum Gasteiger partial charge on any atom is 0.264 e. The SMILES string of the molecule is CC(C)CNC(=O)C(C)N(Cc1ccccc1Cl)C(=O)CN(c1cc(Cl)cc(Cl)c1)S(=O)(=O)c1ccccc1. The number of nitrogens with one attached hydrogen (secondary N) is 1. The van der Waals surface area contributed by atoms with Gasteiger partial charge in [-0.2, -0.15) is 0 Å². The zero-order chi connectivity index (χ0) is 28.7. The van der Waals surface area contributed by atoms with Crippen molar-refractivity contribution in [3.05, 3.63) is 93.4 Å². The highest BCUT2D eigenvalue weighted by atomic mass is 35.5. The minimum atomic E-state index is -4.22. The van der Waals surface area contributed by atoms with E-state index in [1.54, 1.807) is 49.4 Å². The lowest BCUT2D eigenvalue weighted by molar-refractivity contribution is -0.139. The molecule has 1 N–H and O–H groups in total. The lowest BCUT2D eigenvalue weighted by Crippen LogP contribution is -2.51. The molecule has 11 heteroatoms. The van der Waals surface area contributed by atoms with Gasteiger partial charge in [-0.15, -0.1) is 0 Å². The molecule has 0 aliphatic rings. The summed E-state index contributed by atoms with van der Waals surface area (Å²) in [5.41, 5.74) is 0.721. The molecule has 0 radical (unpaired) electrons. The fourth-order valence-electron chi connectivity index (χ4n) is 3.78. The second-order valence-electron chi connectivity index (χ2n) is 9.38. The molecule has 0 bridgehead atoms. The minimum absolute atomic E-state index is 0.00962. The Morgan fingerprint density at radius 2 is 1.46 bits per heavy atom. The Labute approximate surface area is 244 Å². The van der Waals surface area contributed by atoms with Crippen LogP contribution in [0.4, 0.5) is 5.69 Å². The van der Waals surface area contributed by atoms with Crippen LogP contribution in [0, 0.1) is 5.92 Å². The molecule has 0 saturated heterocycles. The van der Waals surface area contributed by atoms with Crippen LogP contribution in [0.15, 0.2) is 77.7 Å². The van der Waals surface area contributed by atoms with Gasteiger partial charge in [0.2, 0.25) is 11.8 Å². The summed E-state index contributed by atoms with van der Waals surface area (Å²) in [6.45, 7) is 5.31. The van der Waals surface area contributed by atoms with Crippen molar-refractivity contribution in [1.82, 2.24) is 10.2 Å². The van der Waals surface area contributed by atoms with E-state index in [0.717, 1.165) is 4.31 Å². The third-order valence-corrected chi connectivity index (χ3v) is 8.49. The van der Waals surface area contributed by atoms with Gasteiger partial charge in [-0.1, -0.05) is 85.0 Å². The van der Waals surface area contributed by atoms with Crippen LogP contribution in [0.3, 0.4) is 0 Å². The molecule has 1 atom stereocenters. The van der Waals surface area contributed by atoms with Crippen molar-refractivity contribution in [2.45, 2.75) is 38.3 Å². The number of carbonyl (C=O) groups excluding carboxylic acids is 2. The number of sulfonamides is 1. The summed E-state index contributed by atoms with van der Waals surface area (Å²) in [7, 11) is -4.22. The van der Waals surface area contributed by atoms with Crippen LogP contribution in [-0.2, 0) is 26.2 Å². The molecular weight excluding hydrogens is 581 g/mol. The topological polar surface area (TPSA) is 86.8 Å². The van der Waals surface area contributed by atoms with E-state index < -0.39 is 28.5 Å². The molecule has 2 amide bonds. The summed E-state index contributed by atoms with van der Waals surface area (Å²) in [6.07, 6.45) is 0. The minimum Gasteiger partial charge on any atom is -0.354 e. The molecule has 0 aliphatic heterocycles. The monoisotopic (exact) mass is 609 g/mol. The Kier molecular flexibility index (Phi) is 10.7. The van der Waals surface area contributed by atoms with Crippen molar-refractivity contribution >= 4 is 62.3 Å².